The largest absolute Gasteiger partial charge is 0.418 e. The van der Waals surface area contributed by atoms with Crippen molar-refractivity contribution in [2.45, 2.75) is 20.0 Å². The molecule has 0 aliphatic carbocycles. The van der Waals surface area contributed by atoms with Gasteiger partial charge < -0.3 is 4.57 Å². The highest BCUT2D eigenvalue weighted by atomic mass is 35.5. The molecule has 0 aliphatic rings. The van der Waals surface area contributed by atoms with Crippen LogP contribution in [0.15, 0.2) is 59.7 Å². The maximum atomic E-state index is 13.5. The summed E-state index contributed by atoms with van der Waals surface area (Å²) in [5, 5.41) is 4.27. The van der Waals surface area contributed by atoms with Crippen molar-refractivity contribution in [3.8, 4) is 5.69 Å². The van der Waals surface area contributed by atoms with E-state index in [1.165, 1.54) is 53.2 Å². The number of aryl methyl sites for hydroxylation is 1. The lowest BCUT2D eigenvalue weighted by molar-refractivity contribution is -0.137. The van der Waals surface area contributed by atoms with Gasteiger partial charge in [0.1, 0.15) is 6.54 Å². The molecule has 0 radical (unpaired) electrons. The molecule has 0 saturated heterocycles. The highest BCUT2D eigenvalue weighted by Gasteiger charge is 2.34. The van der Waals surface area contributed by atoms with Crippen LogP contribution in [0.5, 0.6) is 0 Å². The standard InChI is InChI=1S/C23H22ClF3N4O3S/c1-15-12-17(16(2)31(15)21-7-5-4-6-20(21)23(25,26)27)13-28-29-22(32)14-30(35(3,33)34)19-10-8-18(24)9-11-19/h4-13H,14H2,1-3H3,(H,29,32)/b28-13-. The van der Waals surface area contributed by atoms with E-state index in [2.05, 4.69) is 10.5 Å². The van der Waals surface area contributed by atoms with Crippen molar-refractivity contribution >= 4 is 39.4 Å². The lowest BCUT2D eigenvalue weighted by Gasteiger charge is -2.21. The number of alkyl halides is 3. The molecule has 0 fully saturated rings. The fraction of sp³-hybridized carbons (Fsp3) is 0.217. The van der Waals surface area contributed by atoms with E-state index in [1.54, 1.807) is 19.9 Å². The Morgan fingerprint density at radius 2 is 1.77 bits per heavy atom. The Morgan fingerprint density at radius 1 is 1.14 bits per heavy atom. The molecule has 0 saturated carbocycles. The zero-order valence-corrected chi connectivity index (χ0v) is 20.5. The SMILES string of the molecule is Cc1cc(/C=N\NC(=O)CN(c2ccc(Cl)cc2)S(C)(=O)=O)c(C)n1-c1ccccc1C(F)(F)F. The van der Waals surface area contributed by atoms with Crippen molar-refractivity contribution in [3.05, 3.63) is 82.1 Å². The summed E-state index contributed by atoms with van der Waals surface area (Å²) in [5.74, 6) is -0.710. The molecular formula is C23H22ClF3N4O3S. The van der Waals surface area contributed by atoms with Crippen LogP contribution in [-0.4, -0.2) is 37.9 Å². The summed E-state index contributed by atoms with van der Waals surface area (Å²) >= 11 is 5.83. The highest BCUT2D eigenvalue weighted by Crippen LogP contribution is 2.35. The Kier molecular flexibility index (Phi) is 7.61. The van der Waals surface area contributed by atoms with Gasteiger partial charge >= 0.3 is 6.18 Å². The topological polar surface area (TPSA) is 83.8 Å². The quantitative estimate of drug-likeness (QED) is 0.358. The molecule has 0 unspecified atom stereocenters. The maximum absolute atomic E-state index is 13.5. The molecule has 35 heavy (non-hydrogen) atoms. The molecular weight excluding hydrogens is 505 g/mol. The molecule has 0 spiro atoms. The van der Waals surface area contributed by atoms with Crippen LogP contribution >= 0.6 is 11.6 Å². The Morgan fingerprint density at radius 3 is 2.37 bits per heavy atom. The number of benzene rings is 2. The van der Waals surface area contributed by atoms with Crippen LogP contribution in [0.4, 0.5) is 18.9 Å². The summed E-state index contributed by atoms with van der Waals surface area (Å²) in [6.45, 7) is 2.76. The first-order valence-corrected chi connectivity index (χ1v) is 12.4. The minimum absolute atomic E-state index is 0.0227. The summed E-state index contributed by atoms with van der Waals surface area (Å²) in [6.07, 6.45) is -2.27. The first-order chi connectivity index (χ1) is 16.3. The summed E-state index contributed by atoms with van der Waals surface area (Å²) in [6, 6.07) is 12.8. The average Bonchev–Trinajstić information content (AvgIpc) is 3.04. The van der Waals surface area contributed by atoms with E-state index in [1.807, 2.05) is 0 Å². The van der Waals surface area contributed by atoms with Gasteiger partial charge in [0, 0.05) is 22.0 Å². The Hall–Kier alpha value is -3.31. The van der Waals surface area contributed by atoms with Crippen molar-refractivity contribution in [1.29, 1.82) is 0 Å². The molecule has 0 bridgehead atoms. The molecule has 1 N–H and O–H groups in total. The van der Waals surface area contributed by atoms with Gasteiger partial charge in [0.2, 0.25) is 10.0 Å². The maximum Gasteiger partial charge on any atom is 0.418 e. The molecule has 2 aromatic carbocycles. The monoisotopic (exact) mass is 526 g/mol. The zero-order chi connectivity index (χ0) is 26.0. The number of carbonyl (C=O) groups is 1. The second kappa shape index (κ2) is 10.1. The Labute approximate surface area is 205 Å². The summed E-state index contributed by atoms with van der Waals surface area (Å²) in [5.41, 5.74) is 3.22. The predicted octanol–water partition coefficient (Wildman–Crippen LogP) is 4.68. The van der Waals surface area contributed by atoms with Crippen molar-refractivity contribution in [3.63, 3.8) is 0 Å². The van der Waals surface area contributed by atoms with Crippen LogP contribution in [0.2, 0.25) is 5.02 Å². The van der Waals surface area contributed by atoms with Gasteiger partial charge in [-0.1, -0.05) is 23.7 Å². The third kappa shape index (κ3) is 6.23. The molecule has 3 rings (SSSR count). The van der Waals surface area contributed by atoms with Gasteiger partial charge in [0.05, 0.1) is 29.4 Å². The van der Waals surface area contributed by atoms with Gasteiger partial charge in [-0.2, -0.15) is 18.3 Å². The summed E-state index contributed by atoms with van der Waals surface area (Å²) < 4.78 is 67.1. The van der Waals surface area contributed by atoms with Gasteiger partial charge in [-0.3, -0.25) is 9.10 Å². The number of para-hydroxylation sites is 1. The lowest BCUT2D eigenvalue weighted by atomic mass is 10.1. The van der Waals surface area contributed by atoms with Crippen molar-refractivity contribution in [2.24, 2.45) is 5.10 Å². The Balaban J connectivity index is 1.80. The van der Waals surface area contributed by atoms with Crippen molar-refractivity contribution in [2.75, 3.05) is 17.1 Å². The van der Waals surface area contributed by atoms with Crippen LogP contribution in [0.1, 0.15) is 22.5 Å². The second-order valence-corrected chi connectivity index (χ2v) is 10.1. The number of hydrazone groups is 1. The first kappa shape index (κ1) is 26.3. The first-order valence-electron chi connectivity index (χ1n) is 10.2. The zero-order valence-electron chi connectivity index (χ0n) is 19.0. The number of amides is 1. The minimum Gasteiger partial charge on any atom is -0.317 e. The van der Waals surface area contributed by atoms with Crippen molar-refractivity contribution < 1.29 is 26.4 Å². The molecule has 1 heterocycles. The van der Waals surface area contributed by atoms with Crippen LogP contribution in [-0.2, 0) is 21.0 Å². The molecule has 0 atom stereocenters. The number of carbonyl (C=O) groups excluding carboxylic acids is 1. The molecule has 12 heteroatoms. The average molecular weight is 527 g/mol. The van der Waals surface area contributed by atoms with Crippen LogP contribution < -0.4 is 9.73 Å². The van der Waals surface area contributed by atoms with E-state index in [-0.39, 0.29) is 11.4 Å². The number of nitrogens with one attached hydrogen (secondary N) is 1. The van der Waals surface area contributed by atoms with E-state index in [0.717, 1.165) is 16.6 Å². The van der Waals surface area contributed by atoms with Gasteiger partial charge in [0.25, 0.3) is 5.91 Å². The van der Waals surface area contributed by atoms with Crippen LogP contribution in [0, 0.1) is 13.8 Å². The number of hydrogen-bond donors (Lipinski definition) is 1. The normalized spacial score (nSPS) is 12.2. The molecule has 3 aromatic rings. The molecule has 186 valence electrons. The van der Waals surface area contributed by atoms with E-state index in [0.29, 0.717) is 22.0 Å². The third-order valence-corrected chi connectivity index (χ3v) is 6.51. The number of aromatic nitrogens is 1. The van der Waals surface area contributed by atoms with E-state index in [9.17, 15) is 26.4 Å². The van der Waals surface area contributed by atoms with Gasteiger partial charge in [-0.05, 0) is 56.3 Å². The number of rotatable bonds is 7. The van der Waals surface area contributed by atoms with E-state index >= 15 is 0 Å². The highest BCUT2D eigenvalue weighted by molar-refractivity contribution is 7.92. The van der Waals surface area contributed by atoms with E-state index < -0.39 is 34.2 Å². The van der Waals surface area contributed by atoms with Gasteiger partial charge in [-0.25, -0.2) is 13.8 Å². The Bertz CT molecular complexity index is 1370. The second-order valence-electron chi connectivity index (χ2n) is 7.72. The van der Waals surface area contributed by atoms with Crippen LogP contribution in [0.3, 0.4) is 0 Å². The lowest BCUT2D eigenvalue weighted by Crippen LogP contribution is -2.39. The molecule has 1 amide bonds. The number of anilines is 1. The number of halogens is 4. The van der Waals surface area contributed by atoms with Crippen molar-refractivity contribution in [1.82, 2.24) is 9.99 Å². The van der Waals surface area contributed by atoms with Crippen LogP contribution in [0.25, 0.3) is 5.69 Å². The smallest absolute Gasteiger partial charge is 0.317 e. The summed E-state index contributed by atoms with van der Waals surface area (Å²) in [7, 11) is -3.78. The third-order valence-electron chi connectivity index (χ3n) is 5.12. The molecule has 1 aromatic heterocycles. The number of hydrogen-bond acceptors (Lipinski definition) is 4. The fourth-order valence-electron chi connectivity index (χ4n) is 3.54. The molecule has 0 aliphatic heterocycles. The minimum atomic E-state index is -4.53. The number of nitrogens with zero attached hydrogens (tertiary/aromatic N) is 3. The van der Waals surface area contributed by atoms with Gasteiger partial charge in [-0.15, -0.1) is 0 Å². The predicted molar refractivity (Wildman–Crippen MR) is 130 cm³/mol. The fourth-order valence-corrected chi connectivity index (χ4v) is 4.53. The number of sulfonamides is 1. The molecule has 7 nitrogen and oxygen atoms in total. The van der Waals surface area contributed by atoms with Gasteiger partial charge in [0.15, 0.2) is 0 Å². The summed E-state index contributed by atoms with van der Waals surface area (Å²) in [4.78, 5) is 12.4. The van der Waals surface area contributed by atoms with E-state index in [4.69, 9.17) is 11.6 Å².